The molecule has 30 heavy (non-hydrogen) atoms. The van der Waals surface area contributed by atoms with Crippen LogP contribution in [-0.2, 0) is 16.6 Å². The smallest absolute Gasteiger partial charge is 0.238 e. The zero-order valence-corrected chi connectivity index (χ0v) is 19.5. The Labute approximate surface area is 185 Å². The molecule has 0 saturated heterocycles. The molecule has 1 aromatic heterocycles. The van der Waals surface area contributed by atoms with Crippen molar-refractivity contribution in [2.45, 2.75) is 25.3 Å². The lowest BCUT2D eigenvalue weighted by molar-refractivity contribution is 0.0942. The molecule has 3 rings (SSSR count). The number of primary sulfonamides is 1. The van der Waals surface area contributed by atoms with Crippen LogP contribution in [0.2, 0.25) is 0 Å². The summed E-state index contributed by atoms with van der Waals surface area (Å²) in [7, 11) is -1.83. The maximum absolute atomic E-state index is 13.0. The number of carbonyl (C=O) groups is 1. The normalized spacial score (nSPS) is 11.8. The molecule has 0 saturated carbocycles. The number of sulfonamides is 1. The number of nitrogens with zero attached hydrogens (tertiary/aromatic N) is 2. The number of carbonyl (C=O) groups excluding carboxylic acids is 1. The highest BCUT2D eigenvalue weighted by atomic mass is 79.9. The number of benzene rings is 2. The van der Waals surface area contributed by atoms with Crippen LogP contribution in [0.4, 0.5) is 0 Å². The standard InChI is InChI=1S/C22H24BrN3O3S/c1-15-12-20(22(27)14-25(3)13-17-6-4-5-7-21(17)23)16(2)26(15)18-8-10-19(11-9-18)30(24,28)29/h4-12H,13-14H2,1-3H3,(H2,24,28,29). The molecular formula is C22H24BrN3O3S. The molecule has 0 unspecified atom stereocenters. The lowest BCUT2D eigenvalue weighted by Gasteiger charge is -2.17. The summed E-state index contributed by atoms with van der Waals surface area (Å²) in [6.45, 7) is 4.75. The van der Waals surface area contributed by atoms with Crippen molar-refractivity contribution in [3.8, 4) is 5.69 Å². The third-order valence-electron chi connectivity index (χ3n) is 4.97. The minimum atomic E-state index is -3.74. The second-order valence-electron chi connectivity index (χ2n) is 7.35. The van der Waals surface area contributed by atoms with Crippen molar-refractivity contribution in [3.05, 3.63) is 81.6 Å². The van der Waals surface area contributed by atoms with E-state index < -0.39 is 10.0 Å². The summed E-state index contributed by atoms with van der Waals surface area (Å²) < 4.78 is 25.9. The minimum absolute atomic E-state index is 0.0325. The molecule has 2 aromatic carbocycles. The highest BCUT2D eigenvalue weighted by Crippen LogP contribution is 2.23. The van der Waals surface area contributed by atoms with Crippen molar-refractivity contribution in [1.82, 2.24) is 9.47 Å². The Kier molecular flexibility index (Phi) is 6.62. The highest BCUT2D eigenvalue weighted by Gasteiger charge is 2.19. The fraction of sp³-hybridized carbons (Fsp3) is 0.227. The second-order valence-corrected chi connectivity index (χ2v) is 9.76. The lowest BCUT2D eigenvalue weighted by atomic mass is 10.1. The van der Waals surface area contributed by atoms with Crippen molar-refractivity contribution >= 4 is 31.7 Å². The summed E-state index contributed by atoms with van der Waals surface area (Å²) in [5, 5.41) is 5.17. The van der Waals surface area contributed by atoms with Gasteiger partial charge >= 0.3 is 0 Å². The molecule has 0 fully saturated rings. The molecule has 0 aliphatic heterocycles. The van der Waals surface area contributed by atoms with Gasteiger partial charge in [-0.05, 0) is 62.9 Å². The highest BCUT2D eigenvalue weighted by molar-refractivity contribution is 9.10. The number of nitrogens with two attached hydrogens (primary N) is 1. The van der Waals surface area contributed by atoms with Crippen LogP contribution in [0.25, 0.3) is 5.69 Å². The van der Waals surface area contributed by atoms with E-state index in [0.717, 1.165) is 27.1 Å². The van der Waals surface area contributed by atoms with Crippen molar-refractivity contribution in [2.75, 3.05) is 13.6 Å². The zero-order valence-electron chi connectivity index (χ0n) is 17.1. The zero-order chi connectivity index (χ0) is 22.1. The fourth-order valence-corrected chi connectivity index (χ4v) is 4.46. The number of ketones is 1. The SMILES string of the molecule is Cc1cc(C(=O)CN(C)Cc2ccccc2Br)c(C)n1-c1ccc(S(N)(=O)=O)cc1. The maximum atomic E-state index is 13.0. The molecular weight excluding hydrogens is 466 g/mol. The number of halogens is 1. The third kappa shape index (κ3) is 4.89. The van der Waals surface area contributed by atoms with Crippen LogP contribution in [0, 0.1) is 13.8 Å². The Bertz CT molecular complexity index is 1180. The van der Waals surface area contributed by atoms with Gasteiger partial charge in [0.1, 0.15) is 0 Å². The van der Waals surface area contributed by atoms with Crippen LogP contribution in [0.1, 0.15) is 27.3 Å². The minimum Gasteiger partial charge on any atom is -0.318 e. The lowest BCUT2D eigenvalue weighted by Crippen LogP contribution is -2.26. The van der Waals surface area contributed by atoms with E-state index in [4.69, 9.17) is 5.14 Å². The maximum Gasteiger partial charge on any atom is 0.238 e. The monoisotopic (exact) mass is 489 g/mol. The molecule has 3 aromatic rings. The van der Waals surface area contributed by atoms with Crippen molar-refractivity contribution < 1.29 is 13.2 Å². The van der Waals surface area contributed by atoms with E-state index >= 15 is 0 Å². The summed E-state index contributed by atoms with van der Waals surface area (Å²) in [5.41, 5.74) is 4.26. The van der Waals surface area contributed by atoms with Crippen LogP contribution < -0.4 is 5.14 Å². The van der Waals surface area contributed by atoms with E-state index in [-0.39, 0.29) is 17.2 Å². The average molecular weight is 490 g/mol. The summed E-state index contributed by atoms with van der Waals surface area (Å²) >= 11 is 3.54. The van der Waals surface area contributed by atoms with E-state index in [1.165, 1.54) is 12.1 Å². The Balaban J connectivity index is 1.81. The summed E-state index contributed by atoms with van der Waals surface area (Å²) in [6.07, 6.45) is 0. The molecule has 0 aliphatic rings. The van der Waals surface area contributed by atoms with Crippen LogP contribution in [0.5, 0.6) is 0 Å². The first-order valence-electron chi connectivity index (χ1n) is 9.35. The topological polar surface area (TPSA) is 85.4 Å². The number of likely N-dealkylation sites (N-methyl/N-ethyl adjacent to an activating group) is 1. The van der Waals surface area contributed by atoms with E-state index in [2.05, 4.69) is 15.9 Å². The Hall–Kier alpha value is -2.26. The number of rotatable bonds is 7. The van der Waals surface area contributed by atoms with Gasteiger partial charge in [-0.1, -0.05) is 34.1 Å². The van der Waals surface area contributed by atoms with Gasteiger partial charge in [0.05, 0.1) is 11.4 Å². The summed E-state index contributed by atoms with van der Waals surface area (Å²) in [4.78, 5) is 15.0. The van der Waals surface area contributed by atoms with Gasteiger partial charge < -0.3 is 4.57 Å². The van der Waals surface area contributed by atoms with Gasteiger partial charge in [0.15, 0.2) is 5.78 Å². The first-order valence-corrected chi connectivity index (χ1v) is 11.7. The number of Topliss-reactive ketones (excluding diaryl/α,β-unsaturated/α-hetero) is 1. The Morgan fingerprint density at radius 1 is 1.10 bits per heavy atom. The van der Waals surface area contributed by atoms with Crippen LogP contribution >= 0.6 is 15.9 Å². The predicted octanol–water partition coefficient (Wildman–Crippen LogP) is 3.82. The van der Waals surface area contributed by atoms with Crippen LogP contribution in [0.15, 0.2) is 64.0 Å². The second kappa shape index (κ2) is 8.85. The van der Waals surface area contributed by atoms with E-state index in [1.807, 2.05) is 60.7 Å². The fourth-order valence-electron chi connectivity index (χ4n) is 3.53. The van der Waals surface area contributed by atoms with Gasteiger partial charge in [-0.25, -0.2) is 13.6 Å². The van der Waals surface area contributed by atoms with Gasteiger partial charge in [-0.15, -0.1) is 0 Å². The first-order chi connectivity index (χ1) is 14.1. The molecule has 0 atom stereocenters. The van der Waals surface area contributed by atoms with Gasteiger partial charge in [0.25, 0.3) is 0 Å². The molecule has 0 aliphatic carbocycles. The third-order valence-corrected chi connectivity index (χ3v) is 6.67. The van der Waals surface area contributed by atoms with Gasteiger partial charge in [0.2, 0.25) is 10.0 Å². The van der Waals surface area contributed by atoms with Gasteiger partial charge in [-0.3, -0.25) is 9.69 Å². The molecule has 158 valence electrons. The number of hydrogen-bond donors (Lipinski definition) is 1. The van der Waals surface area contributed by atoms with Gasteiger partial charge in [0, 0.05) is 33.7 Å². The van der Waals surface area contributed by atoms with E-state index in [9.17, 15) is 13.2 Å². The van der Waals surface area contributed by atoms with Crippen molar-refractivity contribution in [1.29, 1.82) is 0 Å². The van der Waals surface area contributed by atoms with Gasteiger partial charge in [-0.2, -0.15) is 0 Å². The number of aromatic nitrogens is 1. The summed E-state index contributed by atoms with van der Waals surface area (Å²) in [6, 6.07) is 16.1. The predicted molar refractivity (Wildman–Crippen MR) is 121 cm³/mol. The molecule has 8 heteroatoms. The number of hydrogen-bond acceptors (Lipinski definition) is 4. The molecule has 0 radical (unpaired) electrons. The van der Waals surface area contributed by atoms with Crippen molar-refractivity contribution in [3.63, 3.8) is 0 Å². The first kappa shape index (κ1) is 22.4. The quantitative estimate of drug-likeness (QED) is 0.511. The largest absolute Gasteiger partial charge is 0.318 e. The van der Waals surface area contributed by atoms with E-state index in [0.29, 0.717) is 12.1 Å². The Morgan fingerprint density at radius 3 is 2.33 bits per heavy atom. The van der Waals surface area contributed by atoms with Crippen LogP contribution in [0.3, 0.4) is 0 Å². The summed E-state index contributed by atoms with van der Waals surface area (Å²) in [5.74, 6) is 0.0325. The van der Waals surface area contributed by atoms with E-state index in [1.54, 1.807) is 12.1 Å². The average Bonchev–Trinajstić information content (AvgIpc) is 2.97. The molecule has 0 amide bonds. The molecule has 6 nitrogen and oxygen atoms in total. The van der Waals surface area contributed by atoms with Crippen LogP contribution in [-0.4, -0.2) is 37.3 Å². The van der Waals surface area contributed by atoms with Crippen molar-refractivity contribution in [2.24, 2.45) is 5.14 Å². The molecule has 2 N–H and O–H groups in total. The molecule has 0 spiro atoms. The number of aryl methyl sites for hydroxylation is 1. The molecule has 0 bridgehead atoms. The molecule has 1 heterocycles. The Morgan fingerprint density at radius 2 is 1.73 bits per heavy atom.